The van der Waals surface area contributed by atoms with E-state index >= 15 is 0 Å². The van der Waals surface area contributed by atoms with Gasteiger partial charge in [-0.15, -0.1) is 0 Å². The zero-order valence-corrected chi connectivity index (χ0v) is 7.24. The van der Waals surface area contributed by atoms with Crippen molar-refractivity contribution in [3.63, 3.8) is 0 Å². The van der Waals surface area contributed by atoms with E-state index in [9.17, 15) is 8.42 Å². The quantitative estimate of drug-likeness (QED) is 0.584. The van der Waals surface area contributed by atoms with Crippen molar-refractivity contribution in [1.29, 1.82) is 0 Å². The lowest BCUT2D eigenvalue weighted by Crippen LogP contribution is -1.94. The smallest absolute Gasteiger partial charge is 0.184 e. The van der Waals surface area contributed by atoms with Gasteiger partial charge in [0, 0.05) is 0 Å². The van der Waals surface area contributed by atoms with Gasteiger partial charge in [-0.3, -0.25) is 0 Å². The highest BCUT2D eigenvalue weighted by Gasteiger charge is 1.97. The second-order valence-corrected chi connectivity index (χ2v) is 3.24. The maximum Gasteiger partial charge on any atom is 0.218 e. The fraction of sp³-hybridized carbons (Fsp3) is 0.857. The maximum absolute atomic E-state index is 10.00. The molecular formula is C7H13O2S. The van der Waals surface area contributed by atoms with Crippen molar-refractivity contribution < 1.29 is 8.42 Å². The molecule has 0 rings (SSSR count). The second kappa shape index (κ2) is 5.47. The summed E-state index contributed by atoms with van der Waals surface area (Å²) in [5.74, 6) is 0.447. The van der Waals surface area contributed by atoms with E-state index in [1.807, 2.05) is 6.92 Å². The van der Waals surface area contributed by atoms with Gasteiger partial charge in [0.15, 0.2) is 0 Å². The van der Waals surface area contributed by atoms with Gasteiger partial charge in [0.05, 0.1) is 5.37 Å². The average molecular weight is 161 g/mol. The third-order valence-corrected chi connectivity index (χ3v) is 1.73. The Morgan fingerprint density at radius 3 is 2.50 bits per heavy atom. The largest absolute Gasteiger partial charge is 0.218 e. The topological polar surface area (TPSA) is 34.1 Å². The minimum Gasteiger partial charge on any atom is -0.184 e. The summed E-state index contributed by atoms with van der Waals surface area (Å²) in [6, 6.07) is 0. The molecule has 0 saturated carbocycles. The van der Waals surface area contributed by atoms with Crippen molar-refractivity contribution in [2.75, 3.05) is 0 Å². The van der Waals surface area contributed by atoms with Crippen molar-refractivity contribution in [3.05, 3.63) is 0 Å². The number of rotatable bonds is 4. The highest BCUT2D eigenvalue weighted by molar-refractivity contribution is 7.71. The summed E-state index contributed by atoms with van der Waals surface area (Å²) in [5, 5.41) is 2.35. The minimum absolute atomic E-state index is 0.447. The first-order chi connectivity index (χ1) is 4.66. The summed E-state index contributed by atoms with van der Waals surface area (Å²) in [6.45, 7) is 4.12. The van der Waals surface area contributed by atoms with Crippen molar-refractivity contribution in [1.82, 2.24) is 0 Å². The van der Waals surface area contributed by atoms with Crippen LogP contribution in [0.3, 0.4) is 0 Å². The van der Waals surface area contributed by atoms with E-state index in [0.717, 1.165) is 12.8 Å². The molecule has 0 aliphatic heterocycles. The minimum atomic E-state index is -2.09. The van der Waals surface area contributed by atoms with Crippen LogP contribution in [0.5, 0.6) is 0 Å². The monoisotopic (exact) mass is 161 g/mol. The maximum atomic E-state index is 10.00. The third-order valence-electron chi connectivity index (χ3n) is 1.33. The zero-order chi connectivity index (χ0) is 7.98. The Hall–Kier alpha value is -0.310. The van der Waals surface area contributed by atoms with Crippen molar-refractivity contribution in [2.24, 2.45) is 5.92 Å². The van der Waals surface area contributed by atoms with Gasteiger partial charge in [0.1, 0.15) is 0 Å². The first-order valence-electron chi connectivity index (χ1n) is 3.49. The van der Waals surface area contributed by atoms with Crippen LogP contribution in [0.2, 0.25) is 0 Å². The summed E-state index contributed by atoms with van der Waals surface area (Å²) in [7, 11) is -2.09. The van der Waals surface area contributed by atoms with Crippen LogP contribution in [-0.4, -0.2) is 13.8 Å². The predicted molar refractivity (Wildman–Crippen MR) is 42.6 cm³/mol. The van der Waals surface area contributed by atoms with Gasteiger partial charge in [-0.2, -0.15) is 8.42 Å². The molecule has 59 valence electrons. The first kappa shape index (κ1) is 9.69. The highest BCUT2D eigenvalue weighted by atomic mass is 32.2. The Kier molecular flexibility index (Phi) is 5.30. The van der Waals surface area contributed by atoms with Gasteiger partial charge in [-0.05, 0) is 12.3 Å². The average Bonchev–Trinajstić information content (AvgIpc) is 1.85. The van der Waals surface area contributed by atoms with Crippen LogP contribution in [0.25, 0.3) is 0 Å². The van der Waals surface area contributed by atoms with Crippen molar-refractivity contribution in [2.45, 2.75) is 33.1 Å². The summed E-state index contributed by atoms with van der Waals surface area (Å²) in [6.07, 6.45) is 2.74. The first-order valence-corrected chi connectivity index (χ1v) is 4.57. The van der Waals surface area contributed by atoms with E-state index in [0.29, 0.717) is 12.3 Å². The Bertz CT molecular complexity index is 184. The fourth-order valence-electron chi connectivity index (χ4n) is 0.805. The predicted octanol–water partition coefficient (Wildman–Crippen LogP) is 1.37. The molecule has 10 heavy (non-hydrogen) atoms. The van der Waals surface area contributed by atoms with Crippen LogP contribution in [-0.2, 0) is 10.3 Å². The molecule has 3 heteroatoms. The molecule has 0 amide bonds. The van der Waals surface area contributed by atoms with Crippen LogP contribution >= 0.6 is 0 Å². The molecule has 1 atom stereocenters. The Balaban J connectivity index is 3.59. The lowest BCUT2D eigenvalue weighted by atomic mass is 10.0. The second-order valence-electron chi connectivity index (χ2n) is 2.48. The summed E-state index contributed by atoms with van der Waals surface area (Å²) < 4.78 is 20.0. The molecule has 0 aromatic carbocycles. The molecule has 0 aromatic heterocycles. The molecule has 0 heterocycles. The SMILES string of the molecule is CCCC(C)C[C]=S(=O)=O. The molecular weight excluding hydrogens is 148 g/mol. The van der Waals surface area contributed by atoms with Gasteiger partial charge in [0.2, 0.25) is 10.3 Å². The Morgan fingerprint density at radius 2 is 2.10 bits per heavy atom. The van der Waals surface area contributed by atoms with E-state index in [1.165, 1.54) is 0 Å². The van der Waals surface area contributed by atoms with Gasteiger partial charge < -0.3 is 0 Å². The highest BCUT2D eigenvalue weighted by Crippen LogP contribution is 2.06. The van der Waals surface area contributed by atoms with Crippen LogP contribution < -0.4 is 0 Å². The zero-order valence-electron chi connectivity index (χ0n) is 6.42. The Labute approximate surface area is 63.8 Å². The standard InChI is InChI=1S/C7H13O2S/c1-3-4-7(2)5-6-10(8)9/h7H,3-5H2,1-2H3. The fourth-order valence-corrected chi connectivity index (χ4v) is 1.23. The van der Waals surface area contributed by atoms with E-state index in [2.05, 4.69) is 12.3 Å². The van der Waals surface area contributed by atoms with E-state index < -0.39 is 10.3 Å². The molecule has 2 nitrogen and oxygen atoms in total. The van der Waals surface area contributed by atoms with Gasteiger partial charge in [0.25, 0.3) is 0 Å². The van der Waals surface area contributed by atoms with Crippen LogP contribution in [0.15, 0.2) is 0 Å². The molecule has 1 radical (unpaired) electrons. The van der Waals surface area contributed by atoms with Crippen LogP contribution in [0.4, 0.5) is 0 Å². The van der Waals surface area contributed by atoms with Crippen molar-refractivity contribution in [3.8, 4) is 0 Å². The lowest BCUT2D eigenvalue weighted by molar-refractivity contribution is 0.549. The third kappa shape index (κ3) is 5.82. The van der Waals surface area contributed by atoms with E-state index in [4.69, 9.17) is 0 Å². The molecule has 0 aliphatic carbocycles. The van der Waals surface area contributed by atoms with E-state index in [-0.39, 0.29) is 0 Å². The normalized spacial score (nSPS) is 12.6. The molecule has 0 spiro atoms. The summed E-state index contributed by atoms with van der Waals surface area (Å²) in [5.41, 5.74) is 0. The van der Waals surface area contributed by atoms with Gasteiger partial charge in [-0.1, -0.05) is 26.7 Å². The number of hydrogen-bond acceptors (Lipinski definition) is 2. The molecule has 0 aromatic rings. The lowest BCUT2D eigenvalue weighted by Gasteiger charge is -2.02. The molecule has 0 N–H and O–H groups in total. The molecule has 0 bridgehead atoms. The van der Waals surface area contributed by atoms with Gasteiger partial charge in [-0.25, -0.2) is 0 Å². The molecule has 1 unspecified atom stereocenters. The van der Waals surface area contributed by atoms with Gasteiger partial charge >= 0.3 is 0 Å². The molecule has 0 saturated heterocycles. The summed E-state index contributed by atoms with van der Waals surface area (Å²) in [4.78, 5) is 0. The molecule has 0 fully saturated rings. The molecule has 0 aliphatic rings. The van der Waals surface area contributed by atoms with Crippen LogP contribution in [0, 0.1) is 5.92 Å². The van der Waals surface area contributed by atoms with E-state index in [1.54, 1.807) is 0 Å². The number of hydrogen-bond donors (Lipinski definition) is 0. The van der Waals surface area contributed by atoms with Crippen LogP contribution in [0.1, 0.15) is 33.1 Å². The summed E-state index contributed by atoms with van der Waals surface area (Å²) >= 11 is 0. The Morgan fingerprint density at radius 1 is 1.50 bits per heavy atom. The van der Waals surface area contributed by atoms with Crippen molar-refractivity contribution >= 4 is 15.7 Å².